The molecule has 0 aliphatic rings. The Morgan fingerprint density at radius 3 is 2.20 bits per heavy atom. The second kappa shape index (κ2) is 4.63. The van der Waals surface area contributed by atoms with Crippen LogP contribution in [0.25, 0.3) is 0 Å². The molecule has 1 aromatic carbocycles. The van der Waals surface area contributed by atoms with Crippen LogP contribution >= 0.6 is 0 Å². The van der Waals surface area contributed by atoms with Crippen LogP contribution in [0.1, 0.15) is 12.0 Å². The number of nitrogens with one attached hydrogen (secondary N) is 2. The van der Waals surface area contributed by atoms with E-state index >= 15 is 0 Å². The predicted molar refractivity (Wildman–Crippen MR) is 54.3 cm³/mol. The minimum Gasteiger partial charge on any atom is -0.387 e. The quantitative estimate of drug-likeness (QED) is 0.516. The monoisotopic (exact) mass is 211 g/mol. The maximum Gasteiger partial charge on any atom is 0.129 e. The van der Waals surface area contributed by atoms with Gasteiger partial charge in [-0.3, -0.25) is 5.41 Å². The highest BCUT2D eigenvalue weighted by molar-refractivity contribution is 6.00. The average molecular weight is 211 g/mol. The average Bonchev–Trinajstić information content (AvgIpc) is 2.10. The molecule has 0 aliphatic heterocycles. The van der Waals surface area contributed by atoms with Crippen molar-refractivity contribution in [1.82, 2.24) is 0 Å². The lowest BCUT2D eigenvalue weighted by molar-refractivity contribution is 0.564. The fourth-order valence-corrected chi connectivity index (χ4v) is 1.21. The van der Waals surface area contributed by atoms with Crippen molar-refractivity contribution >= 4 is 11.5 Å². The fourth-order valence-electron chi connectivity index (χ4n) is 1.21. The van der Waals surface area contributed by atoms with E-state index in [-0.39, 0.29) is 30.0 Å². The summed E-state index contributed by atoms with van der Waals surface area (Å²) in [5, 5.41) is 14.3. The Hall–Kier alpha value is -1.78. The van der Waals surface area contributed by atoms with Crippen molar-refractivity contribution in [3.05, 3.63) is 35.4 Å². The van der Waals surface area contributed by atoms with Crippen molar-refractivity contribution in [2.24, 2.45) is 5.73 Å². The molecular weight excluding hydrogens is 200 g/mol. The summed E-state index contributed by atoms with van der Waals surface area (Å²) >= 11 is 0. The first-order chi connectivity index (χ1) is 7.00. The lowest BCUT2D eigenvalue weighted by atomic mass is 10.0. The molecule has 3 nitrogen and oxygen atoms in total. The third kappa shape index (κ3) is 3.12. The van der Waals surface area contributed by atoms with E-state index in [1.165, 1.54) is 6.07 Å². The molecule has 0 heterocycles. The van der Waals surface area contributed by atoms with Gasteiger partial charge in [0.25, 0.3) is 0 Å². The highest BCUT2D eigenvalue weighted by Gasteiger charge is 2.10. The maximum atomic E-state index is 13.1. The summed E-state index contributed by atoms with van der Waals surface area (Å²) in [6.07, 6.45) is -0.216. The number of rotatable bonds is 4. The molecule has 1 aromatic rings. The number of hydrogen-bond acceptors (Lipinski definition) is 2. The molecular formula is C10H11F2N3. The summed E-state index contributed by atoms with van der Waals surface area (Å²) < 4.78 is 26.3. The first-order valence-electron chi connectivity index (χ1n) is 4.32. The van der Waals surface area contributed by atoms with Crippen molar-refractivity contribution < 1.29 is 8.78 Å². The molecule has 4 N–H and O–H groups in total. The molecule has 0 aliphatic carbocycles. The molecule has 0 atom stereocenters. The van der Waals surface area contributed by atoms with E-state index in [1.807, 2.05) is 0 Å². The lowest BCUT2D eigenvalue weighted by Gasteiger charge is -2.05. The zero-order chi connectivity index (χ0) is 11.4. The van der Waals surface area contributed by atoms with Crippen molar-refractivity contribution in [3.8, 4) is 0 Å². The van der Waals surface area contributed by atoms with E-state index in [4.69, 9.17) is 16.6 Å². The molecule has 80 valence electrons. The zero-order valence-electron chi connectivity index (χ0n) is 7.98. The largest absolute Gasteiger partial charge is 0.387 e. The van der Waals surface area contributed by atoms with Crippen LogP contribution in [0.5, 0.6) is 0 Å². The van der Waals surface area contributed by atoms with Crippen LogP contribution in [0.15, 0.2) is 18.2 Å². The zero-order valence-corrected chi connectivity index (χ0v) is 7.98. The van der Waals surface area contributed by atoms with Gasteiger partial charge in [-0.1, -0.05) is 6.07 Å². The lowest BCUT2D eigenvalue weighted by Crippen LogP contribution is -2.17. The van der Waals surface area contributed by atoms with Gasteiger partial charge in [-0.05, 0) is 12.1 Å². The standard InChI is InChI=1S/C10H11F2N3/c11-8-2-1-3-9(12)7(8)4-6(13)5-10(14)15/h1-3,13H,4-5H2,(H3,14,15). The van der Waals surface area contributed by atoms with E-state index in [1.54, 1.807) is 0 Å². The van der Waals surface area contributed by atoms with Crippen LogP contribution < -0.4 is 5.73 Å². The van der Waals surface area contributed by atoms with Gasteiger partial charge in [-0.15, -0.1) is 0 Å². The van der Waals surface area contributed by atoms with Crippen molar-refractivity contribution in [1.29, 1.82) is 10.8 Å². The topological polar surface area (TPSA) is 73.7 Å². The highest BCUT2D eigenvalue weighted by Crippen LogP contribution is 2.13. The van der Waals surface area contributed by atoms with E-state index < -0.39 is 11.6 Å². The summed E-state index contributed by atoms with van der Waals surface area (Å²) in [5.74, 6) is -1.54. The van der Waals surface area contributed by atoms with Crippen LogP contribution in [0, 0.1) is 22.5 Å². The van der Waals surface area contributed by atoms with Gasteiger partial charge >= 0.3 is 0 Å². The molecule has 15 heavy (non-hydrogen) atoms. The number of amidine groups is 1. The Morgan fingerprint density at radius 2 is 1.73 bits per heavy atom. The normalized spacial score (nSPS) is 10.0. The molecule has 0 saturated carbocycles. The fraction of sp³-hybridized carbons (Fsp3) is 0.200. The third-order valence-electron chi connectivity index (χ3n) is 1.86. The number of benzene rings is 1. The van der Waals surface area contributed by atoms with Crippen LogP contribution in [0.4, 0.5) is 8.78 Å². The van der Waals surface area contributed by atoms with Crippen molar-refractivity contribution in [3.63, 3.8) is 0 Å². The number of hydrogen-bond donors (Lipinski definition) is 3. The molecule has 0 amide bonds. The second-order valence-electron chi connectivity index (χ2n) is 3.18. The molecule has 0 spiro atoms. The first kappa shape index (κ1) is 11.3. The van der Waals surface area contributed by atoms with Crippen LogP contribution in [-0.2, 0) is 6.42 Å². The maximum absolute atomic E-state index is 13.1. The third-order valence-corrected chi connectivity index (χ3v) is 1.86. The molecule has 1 rings (SSSR count). The summed E-state index contributed by atoms with van der Waals surface area (Å²) in [5.41, 5.74) is 4.95. The summed E-state index contributed by atoms with van der Waals surface area (Å²) in [4.78, 5) is 0. The molecule has 0 unspecified atom stereocenters. The molecule has 5 heteroatoms. The van der Waals surface area contributed by atoms with Crippen LogP contribution in [0.2, 0.25) is 0 Å². The van der Waals surface area contributed by atoms with Gasteiger partial charge in [-0.2, -0.15) is 0 Å². The predicted octanol–water partition coefficient (Wildman–Crippen LogP) is 1.85. The van der Waals surface area contributed by atoms with Gasteiger partial charge in [0.05, 0.1) is 5.84 Å². The Labute approximate surface area is 85.9 Å². The van der Waals surface area contributed by atoms with E-state index in [0.717, 1.165) is 12.1 Å². The van der Waals surface area contributed by atoms with Gasteiger partial charge in [-0.25, -0.2) is 8.78 Å². The van der Waals surface area contributed by atoms with Crippen molar-refractivity contribution in [2.75, 3.05) is 0 Å². The molecule has 0 aromatic heterocycles. The molecule has 0 radical (unpaired) electrons. The Bertz CT molecular complexity index is 381. The summed E-state index contributed by atoms with van der Waals surface area (Å²) in [7, 11) is 0. The van der Waals surface area contributed by atoms with E-state index in [2.05, 4.69) is 0 Å². The Morgan fingerprint density at radius 1 is 1.20 bits per heavy atom. The van der Waals surface area contributed by atoms with E-state index in [9.17, 15) is 8.78 Å². The Kier molecular flexibility index (Phi) is 3.49. The Balaban J connectivity index is 2.80. The number of nitrogens with two attached hydrogens (primary N) is 1. The molecule has 0 saturated heterocycles. The van der Waals surface area contributed by atoms with Crippen molar-refractivity contribution in [2.45, 2.75) is 12.8 Å². The minimum absolute atomic E-state index is 0.0199. The van der Waals surface area contributed by atoms with Gasteiger partial charge in [0.2, 0.25) is 0 Å². The minimum atomic E-state index is -0.677. The van der Waals surface area contributed by atoms with Crippen LogP contribution in [0.3, 0.4) is 0 Å². The molecule has 0 fully saturated rings. The van der Waals surface area contributed by atoms with E-state index in [0.29, 0.717) is 0 Å². The smallest absolute Gasteiger partial charge is 0.129 e. The van der Waals surface area contributed by atoms with Gasteiger partial charge in [0, 0.05) is 24.1 Å². The molecule has 0 bridgehead atoms. The SMILES string of the molecule is N=C(N)CC(=N)Cc1c(F)cccc1F. The second-order valence-corrected chi connectivity index (χ2v) is 3.18. The highest BCUT2D eigenvalue weighted by atomic mass is 19.1. The summed E-state index contributed by atoms with van der Waals surface area (Å²) in [6, 6.07) is 3.54. The summed E-state index contributed by atoms with van der Waals surface area (Å²) in [6.45, 7) is 0. The van der Waals surface area contributed by atoms with Gasteiger partial charge in [0.15, 0.2) is 0 Å². The van der Waals surface area contributed by atoms with Gasteiger partial charge < -0.3 is 11.1 Å². The number of halogens is 2. The first-order valence-corrected chi connectivity index (χ1v) is 4.32. The van der Waals surface area contributed by atoms with Gasteiger partial charge in [0.1, 0.15) is 11.6 Å². The van der Waals surface area contributed by atoms with Crippen LogP contribution in [-0.4, -0.2) is 11.5 Å².